The first-order chi connectivity index (χ1) is 6.18. The third-order valence-corrected chi connectivity index (χ3v) is 2.43. The molecule has 0 radical (unpaired) electrons. The minimum atomic E-state index is -0.272. The number of aromatic amines is 2. The maximum atomic E-state index is 11.3. The summed E-state index contributed by atoms with van der Waals surface area (Å²) in [6, 6.07) is 5.12. The number of H-pyrrole nitrogens is 2. The summed E-state index contributed by atoms with van der Waals surface area (Å²) in [4.78, 5) is 22.5. The van der Waals surface area contributed by atoms with Crippen LogP contribution in [-0.2, 0) is 0 Å². The molecule has 66 valence electrons. The topological polar surface area (TPSA) is 65.7 Å². The van der Waals surface area contributed by atoms with Crippen LogP contribution in [0.2, 0.25) is 0 Å². The Balaban J connectivity index is 3.10. The summed E-state index contributed by atoms with van der Waals surface area (Å²) in [5, 5.41) is 5.39. The first kappa shape index (κ1) is 8.49. The highest BCUT2D eigenvalue weighted by Gasteiger charge is 2.01. The van der Waals surface area contributed by atoms with Crippen molar-refractivity contribution in [1.29, 1.82) is 0 Å². The highest BCUT2D eigenvalue weighted by molar-refractivity contribution is 14.1. The predicted octanol–water partition coefficient (Wildman–Crippen LogP) is 0.821. The molecule has 0 saturated carbocycles. The summed E-state index contributed by atoms with van der Waals surface area (Å²) in [7, 11) is 0. The molecule has 0 atom stereocenters. The molecule has 0 fully saturated rings. The zero-order valence-electron chi connectivity index (χ0n) is 6.43. The molecule has 0 saturated heterocycles. The van der Waals surface area contributed by atoms with Gasteiger partial charge in [0.1, 0.15) is 0 Å². The average molecular weight is 288 g/mol. The molecule has 0 unspecified atom stereocenters. The molecule has 1 aromatic carbocycles. The van der Waals surface area contributed by atoms with Gasteiger partial charge in [0.2, 0.25) is 0 Å². The molecule has 13 heavy (non-hydrogen) atoms. The molecular weight excluding hydrogens is 283 g/mol. The largest absolute Gasteiger partial charge is 0.270 e. The van der Waals surface area contributed by atoms with Gasteiger partial charge in [-0.25, -0.2) is 0 Å². The molecule has 2 N–H and O–H groups in total. The summed E-state index contributed by atoms with van der Waals surface area (Å²) in [5.74, 6) is 0. The minimum Gasteiger partial charge on any atom is -0.267 e. The van der Waals surface area contributed by atoms with E-state index in [1.807, 2.05) is 0 Å². The van der Waals surface area contributed by atoms with Crippen LogP contribution in [0.4, 0.5) is 0 Å². The molecule has 0 aliphatic heterocycles. The van der Waals surface area contributed by atoms with Crippen LogP contribution < -0.4 is 11.1 Å². The number of halogens is 1. The lowest BCUT2D eigenvalue weighted by Crippen LogP contribution is -2.18. The van der Waals surface area contributed by atoms with E-state index in [4.69, 9.17) is 0 Å². The smallest absolute Gasteiger partial charge is 0.267 e. The molecule has 0 bridgehead atoms. The van der Waals surface area contributed by atoms with Gasteiger partial charge in [0.05, 0.1) is 10.8 Å². The van der Waals surface area contributed by atoms with Gasteiger partial charge in [-0.05, 0) is 40.8 Å². The number of rotatable bonds is 0. The summed E-state index contributed by atoms with van der Waals surface area (Å²) in [6.07, 6.45) is 0. The highest BCUT2D eigenvalue weighted by atomic mass is 127. The van der Waals surface area contributed by atoms with Gasteiger partial charge >= 0.3 is 0 Å². The van der Waals surface area contributed by atoms with Gasteiger partial charge < -0.3 is 0 Å². The van der Waals surface area contributed by atoms with E-state index in [9.17, 15) is 9.59 Å². The van der Waals surface area contributed by atoms with Gasteiger partial charge in [-0.2, -0.15) is 0 Å². The van der Waals surface area contributed by atoms with Gasteiger partial charge in [-0.1, -0.05) is 0 Å². The average Bonchev–Trinajstić information content (AvgIpc) is 2.12. The second kappa shape index (κ2) is 2.99. The van der Waals surface area contributed by atoms with Gasteiger partial charge in [-0.3, -0.25) is 19.8 Å². The van der Waals surface area contributed by atoms with E-state index in [-0.39, 0.29) is 11.1 Å². The number of hydrogen-bond acceptors (Lipinski definition) is 2. The van der Waals surface area contributed by atoms with Crippen molar-refractivity contribution in [3.8, 4) is 0 Å². The van der Waals surface area contributed by atoms with Gasteiger partial charge in [0.25, 0.3) is 11.1 Å². The number of hydrogen-bond donors (Lipinski definition) is 2. The van der Waals surface area contributed by atoms with Crippen LogP contribution in [0.15, 0.2) is 27.8 Å². The van der Waals surface area contributed by atoms with Gasteiger partial charge in [-0.15, -0.1) is 0 Å². The molecule has 2 rings (SSSR count). The summed E-state index contributed by atoms with van der Waals surface area (Å²) in [5.41, 5.74) is -0.542. The van der Waals surface area contributed by atoms with Crippen molar-refractivity contribution in [1.82, 2.24) is 10.2 Å². The first-order valence-electron chi connectivity index (χ1n) is 3.59. The predicted molar refractivity (Wildman–Crippen MR) is 57.9 cm³/mol. The molecule has 1 heterocycles. The second-order valence-corrected chi connectivity index (χ2v) is 3.84. The molecular formula is C8H5IN2O2. The molecule has 2 aromatic rings. The van der Waals surface area contributed by atoms with Crippen LogP contribution >= 0.6 is 22.6 Å². The molecule has 0 aliphatic rings. The number of nitrogens with one attached hydrogen (secondary N) is 2. The number of benzene rings is 1. The van der Waals surface area contributed by atoms with Crippen molar-refractivity contribution in [3.63, 3.8) is 0 Å². The lowest BCUT2D eigenvalue weighted by molar-refractivity contribution is 0.976. The Morgan fingerprint density at radius 1 is 1.00 bits per heavy atom. The fourth-order valence-electron chi connectivity index (χ4n) is 1.15. The van der Waals surface area contributed by atoms with Crippen LogP contribution in [0.3, 0.4) is 0 Å². The van der Waals surface area contributed by atoms with E-state index in [1.54, 1.807) is 18.2 Å². The Kier molecular flexibility index (Phi) is 1.95. The van der Waals surface area contributed by atoms with Crippen molar-refractivity contribution in [2.75, 3.05) is 0 Å². The van der Waals surface area contributed by atoms with E-state index in [0.29, 0.717) is 10.8 Å². The zero-order valence-corrected chi connectivity index (χ0v) is 8.58. The van der Waals surface area contributed by atoms with Crippen LogP contribution in [0.1, 0.15) is 0 Å². The summed E-state index contributed by atoms with van der Waals surface area (Å²) >= 11 is 2.09. The van der Waals surface area contributed by atoms with E-state index in [2.05, 4.69) is 32.8 Å². The fraction of sp³-hybridized carbons (Fsp3) is 0. The normalized spacial score (nSPS) is 10.5. The van der Waals surface area contributed by atoms with Gasteiger partial charge in [0.15, 0.2) is 0 Å². The molecule has 5 heteroatoms. The third-order valence-electron chi connectivity index (χ3n) is 1.76. The van der Waals surface area contributed by atoms with Crippen molar-refractivity contribution in [2.45, 2.75) is 0 Å². The van der Waals surface area contributed by atoms with Crippen LogP contribution in [0.25, 0.3) is 10.8 Å². The third kappa shape index (κ3) is 1.39. The van der Waals surface area contributed by atoms with E-state index in [1.165, 1.54) is 0 Å². The lowest BCUT2D eigenvalue weighted by atomic mass is 10.2. The Bertz CT molecular complexity index is 570. The van der Waals surface area contributed by atoms with E-state index >= 15 is 0 Å². The van der Waals surface area contributed by atoms with Crippen LogP contribution in [-0.4, -0.2) is 10.2 Å². The second-order valence-electron chi connectivity index (χ2n) is 2.60. The number of fused-ring (bicyclic) bond motifs is 1. The van der Waals surface area contributed by atoms with Gasteiger partial charge in [0, 0.05) is 3.57 Å². The maximum Gasteiger partial charge on any atom is 0.270 e. The minimum absolute atomic E-state index is 0.270. The van der Waals surface area contributed by atoms with Crippen molar-refractivity contribution in [3.05, 3.63) is 42.5 Å². The van der Waals surface area contributed by atoms with E-state index < -0.39 is 0 Å². The van der Waals surface area contributed by atoms with Crippen molar-refractivity contribution >= 4 is 33.4 Å². The highest BCUT2D eigenvalue weighted by Crippen LogP contribution is 2.09. The molecule has 4 nitrogen and oxygen atoms in total. The van der Waals surface area contributed by atoms with Crippen LogP contribution in [0, 0.1) is 3.57 Å². The number of aromatic nitrogens is 2. The maximum absolute atomic E-state index is 11.3. The molecule has 0 aliphatic carbocycles. The molecule has 1 aromatic heterocycles. The Morgan fingerprint density at radius 2 is 1.62 bits per heavy atom. The Morgan fingerprint density at radius 3 is 2.31 bits per heavy atom. The Labute approximate surface area is 86.1 Å². The summed E-state index contributed by atoms with van der Waals surface area (Å²) < 4.78 is 0.932. The standard InChI is InChI=1S/C8H5IN2O2/c9-4-1-2-5-6(3-4)8(13)11-10-7(5)12/h1-3H,(H,10,12)(H,11,13). The Hall–Kier alpha value is -1.11. The fourth-order valence-corrected chi connectivity index (χ4v) is 1.64. The quantitative estimate of drug-likeness (QED) is 0.705. The monoisotopic (exact) mass is 288 g/mol. The zero-order chi connectivity index (χ0) is 9.42. The first-order valence-corrected chi connectivity index (χ1v) is 4.66. The van der Waals surface area contributed by atoms with Crippen LogP contribution in [0.5, 0.6) is 0 Å². The lowest BCUT2D eigenvalue weighted by Gasteiger charge is -1.95. The summed E-state index contributed by atoms with van der Waals surface area (Å²) in [6.45, 7) is 0. The van der Waals surface area contributed by atoms with E-state index in [0.717, 1.165) is 3.57 Å². The molecule has 0 spiro atoms. The molecule has 0 amide bonds. The van der Waals surface area contributed by atoms with Crippen molar-refractivity contribution < 1.29 is 0 Å². The SMILES string of the molecule is O=c1[nH][nH]c(=O)c2cc(I)ccc12. The van der Waals surface area contributed by atoms with Crippen molar-refractivity contribution in [2.24, 2.45) is 0 Å².